The summed E-state index contributed by atoms with van der Waals surface area (Å²) in [5.74, 6) is 0.605. The van der Waals surface area contributed by atoms with Crippen LogP contribution in [0.15, 0.2) is 95.0 Å². The molecule has 1 saturated heterocycles. The number of carbonyl (C=O) groups excluding carboxylic acids is 1. The van der Waals surface area contributed by atoms with Crippen molar-refractivity contribution in [1.82, 2.24) is 13.9 Å². The van der Waals surface area contributed by atoms with Gasteiger partial charge in [-0.2, -0.15) is 4.31 Å². The van der Waals surface area contributed by atoms with Crippen LogP contribution in [0.2, 0.25) is 0 Å². The molecule has 40 heavy (non-hydrogen) atoms. The third-order valence-corrected chi connectivity index (χ3v) is 9.19. The molecule has 0 atom stereocenters. The van der Waals surface area contributed by atoms with E-state index in [2.05, 4.69) is 4.98 Å². The maximum atomic E-state index is 13.4. The van der Waals surface area contributed by atoms with Gasteiger partial charge in [0.2, 0.25) is 10.0 Å². The lowest BCUT2D eigenvalue weighted by Gasteiger charge is -2.26. The molecule has 1 aliphatic rings. The van der Waals surface area contributed by atoms with Crippen LogP contribution in [0.1, 0.15) is 15.9 Å². The number of allylic oxidation sites excluding steroid dienone is 1. The molecule has 1 aromatic heterocycles. The van der Waals surface area contributed by atoms with Crippen molar-refractivity contribution in [2.24, 2.45) is 0 Å². The summed E-state index contributed by atoms with van der Waals surface area (Å²) in [4.78, 5) is 18.2. The Kier molecular flexibility index (Phi) is 8.81. The fourth-order valence-electron chi connectivity index (χ4n) is 4.35. The van der Waals surface area contributed by atoms with E-state index in [1.54, 1.807) is 22.8 Å². The first-order chi connectivity index (χ1) is 19.5. The summed E-state index contributed by atoms with van der Waals surface area (Å²) in [5.41, 5.74) is 3.19. The Morgan fingerprint density at radius 1 is 1.00 bits per heavy atom. The van der Waals surface area contributed by atoms with Crippen molar-refractivity contribution in [3.63, 3.8) is 0 Å². The molecule has 0 bridgehead atoms. The molecule has 10 heteroatoms. The van der Waals surface area contributed by atoms with Crippen LogP contribution in [0.25, 0.3) is 23.2 Å². The zero-order chi connectivity index (χ0) is 28.0. The SMILES string of the molecule is COc1cc(/C=C/C(=O)n2c(SC/C=C/c3ccccc3)nc3ccccc32)ccc1S(=O)(=O)N1CCOCC1. The van der Waals surface area contributed by atoms with Crippen LogP contribution in [-0.2, 0) is 14.8 Å². The standard InChI is InChI=1S/C30H29N3O5S2/c1-37-27-22-24(13-15-28(27)40(35,36)32-17-19-38-20-18-32)14-16-29(34)33-26-12-6-5-11-25(26)31-30(33)39-21-7-10-23-8-3-2-4-9-23/h2-16,22H,17-21H2,1H3/b10-7+,16-14+. The lowest BCUT2D eigenvalue weighted by atomic mass is 10.2. The number of sulfonamides is 1. The van der Waals surface area contributed by atoms with Gasteiger partial charge < -0.3 is 9.47 Å². The van der Waals surface area contributed by atoms with Crippen LogP contribution in [-0.4, -0.2) is 67.3 Å². The highest BCUT2D eigenvalue weighted by Crippen LogP contribution is 2.29. The van der Waals surface area contributed by atoms with Crippen molar-refractivity contribution in [2.75, 3.05) is 39.2 Å². The molecule has 5 rings (SSSR count). The average Bonchev–Trinajstić information content (AvgIpc) is 3.37. The number of hydrogen-bond donors (Lipinski definition) is 0. The zero-order valence-corrected chi connectivity index (χ0v) is 23.6. The van der Waals surface area contributed by atoms with Gasteiger partial charge in [-0.05, 0) is 41.5 Å². The molecule has 4 aromatic rings. The number of ether oxygens (including phenoxy) is 2. The summed E-state index contributed by atoms with van der Waals surface area (Å²) < 4.78 is 40.0. The van der Waals surface area contributed by atoms with Gasteiger partial charge in [0.05, 0.1) is 31.4 Å². The van der Waals surface area contributed by atoms with Crippen molar-refractivity contribution >= 4 is 50.9 Å². The normalized spacial score (nSPS) is 14.8. The maximum Gasteiger partial charge on any atom is 0.257 e. The number of fused-ring (bicyclic) bond motifs is 1. The lowest BCUT2D eigenvalue weighted by molar-refractivity contribution is 0.0729. The fourth-order valence-corrected chi connectivity index (χ4v) is 6.72. The molecule has 0 unspecified atom stereocenters. The Morgan fingerprint density at radius 2 is 1.75 bits per heavy atom. The smallest absolute Gasteiger partial charge is 0.257 e. The van der Waals surface area contributed by atoms with Crippen molar-refractivity contribution in [3.05, 3.63) is 96.1 Å². The zero-order valence-electron chi connectivity index (χ0n) is 22.0. The number of morpholine rings is 1. The molecule has 0 aliphatic carbocycles. The Morgan fingerprint density at radius 3 is 2.52 bits per heavy atom. The second-order valence-electron chi connectivity index (χ2n) is 8.94. The number of hydrogen-bond acceptors (Lipinski definition) is 7. The first kappa shape index (κ1) is 27.9. The number of aromatic nitrogens is 2. The number of methoxy groups -OCH3 is 1. The van der Waals surface area contributed by atoms with Crippen LogP contribution >= 0.6 is 11.8 Å². The molecule has 2 heterocycles. The molecule has 0 spiro atoms. The van der Waals surface area contributed by atoms with E-state index in [1.807, 2.05) is 66.7 Å². The lowest BCUT2D eigenvalue weighted by Crippen LogP contribution is -2.40. The molecule has 206 valence electrons. The monoisotopic (exact) mass is 575 g/mol. The van der Waals surface area contributed by atoms with E-state index < -0.39 is 10.0 Å². The summed E-state index contributed by atoms with van der Waals surface area (Å²) in [6, 6.07) is 22.3. The maximum absolute atomic E-state index is 13.4. The van der Waals surface area contributed by atoms with Gasteiger partial charge in [-0.1, -0.05) is 72.4 Å². The van der Waals surface area contributed by atoms with Gasteiger partial charge in [-0.3, -0.25) is 9.36 Å². The van der Waals surface area contributed by atoms with Gasteiger partial charge in [0.15, 0.2) is 5.16 Å². The number of rotatable bonds is 9. The van der Waals surface area contributed by atoms with Gasteiger partial charge in [-0.25, -0.2) is 13.4 Å². The minimum atomic E-state index is -3.73. The molecule has 1 fully saturated rings. The quantitative estimate of drug-likeness (QED) is 0.200. The predicted octanol–water partition coefficient (Wildman–Crippen LogP) is 5.22. The fraction of sp³-hybridized carbons (Fsp3) is 0.200. The Balaban J connectivity index is 1.36. The minimum Gasteiger partial charge on any atom is -0.495 e. The largest absolute Gasteiger partial charge is 0.495 e. The minimum absolute atomic E-state index is 0.0863. The highest BCUT2D eigenvalue weighted by molar-refractivity contribution is 7.99. The summed E-state index contributed by atoms with van der Waals surface area (Å²) in [5, 5.41) is 0.595. The third-order valence-electron chi connectivity index (χ3n) is 6.36. The summed E-state index contributed by atoms with van der Waals surface area (Å²) in [7, 11) is -2.30. The van der Waals surface area contributed by atoms with E-state index in [1.165, 1.54) is 35.3 Å². The number of nitrogens with zero attached hydrogens (tertiary/aromatic N) is 3. The van der Waals surface area contributed by atoms with E-state index in [0.717, 1.165) is 16.6 Å². The van der Waals surface area contributed by atoms with Crippen LogP contribution in [0.4, 0.5) is 0 Å². The number of benzene rings is 3. The van der Waals surface area contributed by atoms with Crippen LogP contribution in [0.5, 0.6) is 5.75 Å². The molecular formula is C30H29N3O5S2. The highest BCUT2D eigenvalue weighted by atomic mass is 32.2. The Hall–Kier alpha value is -3.70. The molecule has 0 N–H and O–H groups in total. The van der Waals surface area contributed by atoms with Gasteiger partial charge >= 0.3 is 0 Å². The summed E-state index contributed by atoms with van der Waals surface area (Å²) >= 11 is 1.48. The van der Waals surface area contributed by atoms with Crippen LogP contribution in [0.3, 0.4) is 0 Å². The molecule has 1 aliphatic heterocycles. The molecule has 0 radical (unpaired) electrons. The number of para-hydroxylation sites is 2. The van der Waals surface area contributed by atoms with Gasteiger partial charge in [0, 0.05) is 24.9 Å². The first-order valence-electron chi connectivity index (χ1n) is 12.8. The second kappa shape index (κ2) is 12.6. The Bertz CT molecular complexity index is 1660. The molecule has 0 saturated carbocycles. The topological polar surface area (TPSA) is 90.7 Å². The Labute approximate surface area is 238 Å². The van der Waals surface area contributed by atoms with E-state index >= 15 is 0 Å². The van der Waals surface area contributed by atoms with Crippen molar-refractivity contribution in [1.29, 1.82) is 0 Å². The van der Waals surface area contributed by atoms with Gasteiger partial charge in [-0.15, -0.1) is 0 Å². The third kappa shape index (κ3) is 6.20. The highest BCUT2D eigenvalue weighted by Gasteiger charge is 2.29. The van der Waals surface area contributed by atoms with Crippen molar-refractivity contribution in [2.45, 2.75) is 10.1 Å². The second-order valence-corrected chi connectivity index (χ2v) is 11.8. The predicted molar refractivity (Wildman–Crippen MR) is 158 cm³/mol. The number of imidazole rings is 1. The van der Waals surface area contributed by atoms with Crippen LogP contribution in [0, 0.1) is 0 Å². The molecule has 0 amide bonds. The summed E-state index contributed by atoms with van der Waals surface area (Å²) in [6.07, 6.45) is 7.19. The van der Waals surface area contributed by atoms with Crippen LogP contribution < -0.4 is 4.74 Å². The van der Waals surface area contributed by atoms with E-state index in [9.17, 15) is 13.2 Å². The van der Waals surface area contributed by atoms with Gasteiger partial charge in [0.1, 0.15) is 10.6 Å². The molecular weight excluding hydrogens is 546 g/mol. The summed E-state index contributed by atoms with van der Waals surface area (Å²) in [6.45, 7) is 1.31. The number of carbonyl (C=O) groups is 1. The average molecular weight is 576 g/mol. The van der Waals surface area contributed by atoms with E-state index in [-0.39, 0.29) is 16.6 Å². The van der Waals surface area contributed by atoms with Crippen molar-refractivity contribution in [3.8, 4) is 5.75 Å². The first-order valence-corrected chi connectivity index (χ1v) is 15.2. The molecule has 3 aromatic carbocycles. The number of thioether (sulfide) groups is 1. The van der Waals surface area contributed by atoms with Gasteiger partial charge in [0.25, 0.3) is 5.91 Å². The van der Waals surface area contributed by atoms with E-state index in [4.69, 9.17) is 9.47 Å². The van der Waals surface area contributed by atoms with Crippen molar-refractivity contribution < 1.29 is 22.7 Å². The van der Waals surface area contributed by atoms with E-state index in [0.29, 0.717) is 42.8 Å². The molecule has 8 nitrogen and oxygen atoms in total.